The summed E-state index contributed by atoms with van der Waals surface area (Å²) in [6.45, 7) is 0.284. The molecule has 0 aliphatic carbocycles. The molecule has 1 aromatic rings. The van der Waals surface area contributed by atoms with Gasteiger partial charge < -0.3 is 11.1 Å². The van der Waals surface area contributed by atoms with E-state index in [-0.39, 0.29) is 17.3 Å². The van der Waals surface area contributed by atoms with Crippen molar-refractivity contribution < 1.29 is 8.42 Å². The molecule has 0 spiro atoms. The third-order valence-electron chi connectivity index (χ3n) is 2.25. The largest absolute Gasteiger partial charge is 0.389 e. The lowest BCUT2D eigenvalue weighted by Crippen LogP contribution is -2.26. The normalized spacial score (nSPS) is 11.2. The maximum absolute atomic E-state index is 11.2. The maximum atomic E-state index is 11.2. The first-order valence-electron chi connectivity index (χ1n) is 5.10. The highest BCUT2D eigenvalue weighted by atomic mass is 35.5. The number of nitrogens with one attached hydrogen (secondary N) is 2. The van der Waals surface area contributed by atoms with Gasteiger partial charge in [-0.1, -0.05) is 23.8 Å². The Bertz CT molecular complexity index is 546. The van der Waals surface area contributed by atoms with Crippen LogP contribution in [0.2, 0.25) is 5.02 Å². The third-order valence-corrected chi connectivity index (χ3v) is 4.14. The highest BCUT2D eigenvalue weighted by molar-refractivity contribution is 7.89. The molecule has 0 saturated carbocycles. The molecule has 0 unspecified atom stereocenters. The van der Waals surface area contributed by atoms with Crippen LogP contribution in [0.15, 0.2) is 18.2 Å². The van der Waals surface area contributed by atoms with Crippen LogP contribution in [0.1, 0.15) is 5.56 Å². The van der Waals surface area contributed by atoms with Gasteiger partial charge in [-0.25, -0.2) is 13.1 Å². The lowest BCUT2D eigenvalue weighted by molar-refractivity contribution is 0.588. The van der Waals surface area contributed by atoms with E-state index in [0.717, 1.165) is 0 Å². The van der Waals surface area contributed by atoms with Crippen LogP contribution in [0.3, 0.4) is 0 Å². The molecule has 0 bridgehead atoms. The van der Waals surface area contributed by atoms with Gasteiger partial charge in [-0.05, 0) is 25.2 Å². The summed E-state index contributed by atoms with van der Waals surface area (Å²) in [4.78, 5) is 0.226. The second-order valence-corrected chi connectivity index (χ2v) is 6.40. The summed E-state index contributed by atoms with van der Waals surface area (Å²) in [5.74, 6) is -0.0157. The fourth-order valence-electron chi connectivity index (χ4n) is 1.26. The Balaban J connectivity index is 2.65. The van der Waals surface area contributed by atoms with Gasteiger partial charge in [-0.3, -0.25) is 0 Å². The number of nitrogens with two attached hydrogens (primary N) is 1. The number of thiocarbonyl (C=S) groups is 1. The van der Waals surface area contributed by atoms with Crippen molar-refractivity contribution in [3.05, 3.63) is 28.8 Å². The Morgan fingerprint density at radius 2 is 2.17 bits per heavy atom. The second-order valence-electron chi connectivity index (χ2n) is 3.51. The van der Waals surface area contributed by atoms with E-state index in [9.17, 15) is 8.42 Å². The molecule has 8 heteroatoms. The van der Waals surface area contributed by atoms with Crippen LogP contribution in [-0.4, -0.2) is 32.8 Å². The lowest BCUT2D eigenvalue weighted by Gasteiger charge is -2.09. The van der Waals surface area contributed by atoms with Crippen LogP contribution >= 0.6 is 23.8 Å². The van der Waals surface area contributed by atoms with E-state index in [1.165, 1.54) is 7.05 Å². The SMILES string of the molecule is CNS(=O)(=O)CCNc1ccc(C(N)=S)c(Cl)c1. The summed E-state index contributed by atoms with van der Waals surface area (Å²) < 4.78 is 24.6. The highest BCUT2D eigenvalue weighted by Crippen LogP contribution is 2.20. The van der Waals surface area contributed by atoms with Crippen molar-refractivity contribution in [3.8, 4) is 0 Å². The fourth-order valence-corrected chi connectivity index (χ4v) is 2.35. The zero-order valence-electron chi connectivity index (χ0n) is 9.73. The van der Waals surface area contributed by atoms with Crippen molar-refractivity contribution in [1.29, 1.82) is 0 Å². The summed E-state index contributed by atoms with van der Waals surface area (Å²) in [6.07, 6.45) is 0. The molecule has 0 saturated heterocycles. The molecular formula is C10H14ClN3O2S2. The topological polar surface area (TPSA) is 84.2 Å². The van der Waals surface area contributed by atoms with Crippen LogP contribution in [-0.2, 0) is 10.0 Å². The highest BCUT2D eigenvalue weighted by Gasteiger charge is 2.07. The van der Waals surface area contributed by atoms with E-state index >= 15 is 0 Å². The van der Waals surface area contributed by atoms with Crippen molar-refractivity contribution >= 4 is 44.5 Å². The Morgan fingerprint density at radius 3 is 2.67 bits per heavy atom. The summed E-state index contributed by atoms with van der Waals surface area (Å²) in [6, 6.07) is 5.09. The van der Waals surface area contributed by atoms with E-state index in [4.69, 9.17) is 29.6 Å². The van der Waals surface area contributed by atoms with Crippen LogP contribution in [0.25, 0.3) is 0 Å². The first-order valence-corrected chi connectivity index (χ1v) is 7.54. The van der Waals surface area contributed by atoms with Gasteiger partial charge >= 0.3 is 0 Å². The van der Waals surface area contributed by atoms with Gasteiger partial charge in [0, 0.05) is 17.8 Å². The van der Waals surface area contributed by atoms with E-state index in [1.807, 2.05) is 0 Å². The van der Waals surface area contributed by atoms with Crippen molar-refractivity contribution in [2.24, 2.45) is 5.73 Å². The standard InChI is InChI=1S/C10H14ClN3O2S2/c1-13-18(15,16)5-4-14-7-2-3-8(10(12)17)9(11)6-7/h2-3,6,13-14H,4-5H2,1H3,(H2,12,17). The number of rotatable bonds is 6. The summed E-state index contributed by atoms with van der Waals surface area (Å²) in [5.41, 5.74) is 6.79. The summed E-state index contributed by atoms with van der Waals surface area (Å²) in [5, 5.41) is 3.39. The summed E-state index contributed by atoms with van der Waals surface area (Å²) in [7, 11) is -1.83. The molecule has 18 heavy (non-hydrogen) atoms. The smallest absolute Gasteiger partial charge is 0.213 e. The molecule has 100 valence electrons. The summed E-state index contributed by atoms with van der Waals surface area (Å²) >= 11 is 10.8. The minimum Gasteiger partial charge on any atom is -0.389 e. The van der Waals surface area contributed by atoms with Crippen LogP contribution in [0, 0.1) is 0 Å². The molecule has 0 aliphatic heterocycles. The van der Waals surface area contributed by atoms with Crippen molar-refractivity contribution in [2.75, 3.05) is 24.7 Å². The number of hydrogen-bond donors (Lipinski definition) is 3. The van der Waals surface area contributed by atoms with E-state index in [1.54, 1.807) is 18.2 Å². The molecule has 0 heterocycles. The van der Waals surface area contributed by atoms with Gasteiger partial charge in [-0.2, -0.15) is 0 Å². The van der Waals surface area contributed by atoms with Crippen LogP contribution < -0.4 is 15.8 Å². The van der Waals surface area contributed by atoms with E-state index < -0.39 is 10.0 Å². The molecule has 1 rings (SSSR count). The number of benzene rings is 1. The average Bonchev–Trinajstić information content (AvgIpc) is 2.28. The van der Waals surface area contributed by atoms with Gasteiger partial charge in [0.15, 0.2) is 0 Å². The molecule has 4 N–H and O–H groups in total. The predicted molar refractivity (Wildman–Crippen MR) is 78.7 cm³/mol. The van der Waals surface area contributed by atoms with Gasteiger partial charge in [0.05, 0.1) is 10.8 Å². The first-order chi connectivity index (χ1) is 8.35. The monoisotopic (exact) mass is 307 g/mol. The van der Waals surface area contributed by atoms with Crippen molar-refractivity contribution in [2.45, 2.75) is 0 Å². The zero-order chi connectivity index (χ0) is 13.8. The van der Waals surface area contributed by atoms with Gasteiger partial charge in [0.1, 0.15) is 4.99 Å². The second kappa shape index (κ2) is 6.33. The quantitative estimate of drug-likeness (QED) is 0.681. The maximum Gasteiger partial charge on any atom is 0.213 e. The average molecular weight is 308 g/mol. The van der Waals surface area contributed by atoms with Crippen molar-refractivity contribution in [3.63, 3.8) is 0 Å². The zero-order valence-corrected chi connectivity index (χ0v) is 12.1. The Kier molecular flexibility index (Phi) is 5.33. The number of sulfonamides is 1. The van der Waals surface area contributed by atoms with E-state index in [2.05, 4.69) is 10.0 Å². The fraction of sp³-hybridized carbons (Fsp3) is 0.300. The van der Waals surface area contributed by atoms with Crippen LogP contribution in [0.4, 0.5) is 5.69 Å². The molecule has 1 aromatic carbocycles. The third kappa shape index (κ3) is 4.41. The number of halogens is 1. The molecule has 5 nitrogen and oxygen atoms in total. The molecule has 0 aromatic heterocycles. The predicted octanol–water partition coefficient (Wildman–Crippen LogP) is 0.935. The molecule has 0 atom stereocenters. The molecular weight excluding hydrogens is 294 g/mol. The Morgan fingerprint density at radius 1 is 1.50 bits per heavy atom. The molecule has 0 fully saturated rings. The minimum absolute atomic E-state index is 0.0157. The molecule has 0 radical (unpaired) electrons. The first kappa shape index (κ1) is 15.2. The Hall–Kier alpha value is -0.890. The minimum atomic E-state index is -3.21. The lowest BCUT2D eigenvalue weighted by atomic mass is 10.2. The van der Waals surface area contributed by atoms with Crippen molar-refractivity contribution in [1.82, 2.24) is 4.72 Å². The number of anilines is 1. The van der Waals surface area contributed by atoms with E-state index in [0.29, 0.717) is 16.3 Å². The van der Waals surface area contributed by atoms with Gasteiger partial charge in [0.25, 0.3) is 0 Å². The Labute approximate surface area is 117 Å². The van der Waals surface area contributed by atoms with Gasteiger partial charge in [0.2, 0.25) is 10.0 Å². The molecule has 0 aliphatic rings. The number of hydrogen-bond acceptors (Lipinski definition) is 4. The van der Waals surface area contributed by atoms with Crippen LogP contribution in [0.5, 0.6) is 0 Å². The molecule has 0 amide bonds. The van der Waals surface area contributed by atoms with Gasteiger partial charge in [-0.15, -0.1) is 0 Å².